The summed E-state index contributed by atoms with van der Waals surface area (Å²) in [6.07, 6.45) is -0.189. The summed E-state index contributed by atoms with van der Waals surface area (Å²) in [5, 5.41) is 0. The Labute approximate surface area is 415 Å². The molecule has 0 N–H and O–H groups in total. The Hall–Kier alpha value is -1.87. The quantitative estimate of drug-likeness (QED) is 0.290. The minimum atomic E-state index is -0.405. The summed E-state index contributed by atoms with van der Waals surface area (Å²) in [7, 11) is 6.58. The van der Waals surface area contributed by atoms with Gasteiger partial charge in [0.25, 0.3) is 0 Å². The Kier molecular flexibility index (Phi) is 24.8. The van der Waals surface area contributed by atoms with E-state index in [0.717, 1.165) is 32.7 Å². The van der Waals surface area contributed by atoms with E-state index in [4.69, 9.17) is 4.74 Å². The Morgan fingerprint density at radius 1 is 0.388 bits per heavy atom. The number of piperazine rings is 5. The maximum atomic E-state index is 11.9. The molecular formula is C55H110N10O2. The van der Waals surface area contributed by atoms with Gasteiger partial charge in [-0.15, -0.1) is 0 Å². The predicted molar refractivity (Wildman–Crippen MR) is 289 cm³/mol. The fraction of sp³-hybridized carbons (Fsp3) is 0.873. The van der Waals surface area contributed by atoms with Crippen LogP contribution in [0.25, 0.3) is 0 Å². The van der Waals surface area contributed by atoms with Gasteiger partial charge in [-0.1, -0.05) is 30.3 Å². The van der Waals surface area contributed by atoms with Crippen molar-refractivity contribution in [2.75, 3.05) is 152 Å². The van der Waals surface area contributed by atoms with E-state index in [1.54, 1.807) is 4.90 Å². The Morgan fingerprint density at radius 3 is 0.896 bits per heavy atom. The van der Waals surface area contributed by atoms with Crippen LogP contribution in [0.1, 0.15) is 130 Å². The van der Waals surface area contributed by atoms with Gasteiger partial charge in [-0.25, -0.2) is 4.79 Å². The minimum absolute atomic E-state index is 0.181. The highest BCUT2D eigenvalue weighted by molar-refractivity contribution is 5.68. The van der Waals surface area contributed by atoms with Gasteiger partial charge >= 0.3 is 6.09 Å². The molecule has 12 heteroatoms. The highest BCUT2D eigenvalue weighted by atomic mass is 16.6. The monoisotopic (exact) mass is 943 g/mol. The number of benzene rings is 1. The lowest BCUT2D eigenvalue weighted by molar-refractivity contribution is 0.00420. The van der Waals surface area contributed by atoms with Crippen LogP contribution >= 0.6 is 0 Å². The predicted octanol–water partition coefficient (Wildman–Crippen LogP) is 8.04. The fourth-order valence-electron chi connectivity index (χ4n) is 8.74. The molecule has 6 rings (SSSR count). The maximum absolute atomic E-state index is 11.9. The smallest absolute Gasteiger partial charge is 0.410 e. The fourth-order valence-corrected chi connectivity index (χ4v) is 8.74. The van der Waals surface area contributed by atoms with Gasteiger partial charge in [0, 0.05) is 165 Å². The average molecular weight is 944 g/mol. The van der Waals surface area contributed by atoms with Crippen molar-refractivity contribution in [2.45, 2.75) is 164 Å². The summed E-state index contributed by atoms with van der Waals surface area (Å²) in [5.41, 5.74) is 2.61. The molecule has 5 fully saturated rings. The highest BCUT2D eigenvalue weighted by Crippen LogP contribution is 2.20. The first-order chi connectivity index (χ1) is 30.6. The average Bonchev–Trinajstić information content (AvgIpc) is 3.21. The third-order valence-electron chi connectivity index (χ3n) is 13.8. The lowest BCUT2D eigenvalue weighted by Crippen LogP contribution is -2.55. The van der Waals surface area contributed by atoms with Crippen molar-refractivity contribution in [1.29, 1.82) is 0 Å². The van der Waals surface area contributed by atoms with E-state index in [1.165, 1.54) is 110 Å². The van der Waals surface area contributed by atoms with Crippen LogP contribution in [0.4, 0.5) is 4.79 Å². The minimum Gasteiger partial charge on any atom is -0.444 e. The normalized spacial score (nSPS) is 21.7. The number of carbonyl (C=O) groups excluding carboxylic acids is 1. The summed E-state index contributed by atoms with van der Waals surface area (Å²) in [4.78, 5) is 36.0. The molecule has 392 valence electrons. The van der Waals surface area contributed by atoms with Crippen LogP contribution in [-0.2, 0) is 11.3 Å². The molecular weight excluding hydrogens is 833 g/mol. The van der Waals surface area contributed by atoms with Crippen molar-refractivity contribution in [1.82, 2.24) is 49.0 Å². The zero-order valence-electron chi connectivity index (χ0n) is 48.0. The van der Waals surface area contributed by atoms with Crippen LogP contribution in [-0.4, -0.2) is 240 Å². The zero-order chi connectivity index (χ0) is 51.0. The highest BCUT2D eigenvalue weighted by Gasteiger charge is 2.31. The van der Waals surface area contributed by atoms with Crippen molar-refractivity contribution < 1.29 is 9.53 Å². The molecule has 0 radical (unpaired) electrons. The summed E-state index contributed by atoms with van der Waals surface area (Å²) < 4.78 is 5.37. The maximum Gasteiger partial charge on any atom is 0.410 e. The number of amides is 1. The van der Waals surface area contributed by atoms with Crippen molar-refractivity contribution in [3.05, 3.63) is 35.9 Å². The molecule has 1 aromatic rings. The lowest BCUT2D eigenvalue weighted by Gasteiger charge is -2.42. The second-order valence-corrected chi connectivity index (χ2v) is 25.9. The Morgan fingerprint density at radius 2 is 0.642 bits per heavy atom. The molecule has 0 aliphatic carbocycles. The summed E-state index contributed by atoms with van der Waals surface area (Å²) in [6.45, 7) is 63.7. The number of ether oxygens (including phenoxy) is 1. The van der Waals surface area contributed by atoms with Gasteiger partial charge in [0.1, 0.15) is 5.60 Å². The van der Waals surface area contributed by atoms with Gasteiger partial charge in [0.2, 0.25) is 0 Å². The number of likely N-dealkylation sites (N-methyl/N-ethyl adjacent to an activating group) is 3. The van der Waals surface area contributed by atoms with E-state index >= 15 is 0 Å². The summed E-state index contributed by atoms with van der Waals surface area (Å²) >= 11 is 0. The third-order valence-corrected chi connectivity index (χ3v) is 13.8. The molecule has 5 aliphatic rings. The second kappa shape index (κ2) is 27.1. The Balaban J connectivity index is 0.000000292. The van der Waals surface area contributed by atoms with Gasteiger partial charge < -0.3 is 24.3 Å². The number of hydrogen-bond donors (Lipinski definition) is 0. The molecule has 0 spiro atoms. The topological polar surface area (TPSA) is 58.7 Å². The number of carbonyl (C=O) groups is 1. The number of hydrogen-bond acceptors (Lipinski definition) is 11. The van der Waals surface area contributed by atoms with E-state index in [9.17, 15) is 4.79 Å². The van der Waals surface area contributed by atoms with Gasteiger partial charge in [-0.05, 0) is 151 Å². The van der Waals surface area contributed by atoms with Crippen LogP contribution in [0.5, 0.6) is 0 Å². The van der Waals surface area contributed by atoms with Gasteiger partial charge in [0.15, 0.2) is 0 Å². The van der Waals surface area contributed by atoms with Crippen LogP contribution in [0.15, 0.2) is 30.3 Å². The van der Waals surface area contributed by atoms with Crippen molar-refractivity contribution >= 4 is 6.09 Å². The molecule has 5 saturated heterocycles. The summed E-state index contributed by atoms with van der Waals surface area (Å²) in [6, 6.07) is 10.8. The van der Waals surface area contributed by atoms with Gasteiger partial charge in [0.05, 0.1) is 0 Å². The molecule has 67 heavy (non-hydrogen) atoms. The molecule has 1 amide bonds. The molecule has 5 aliphatic heterocycles. The molecule has 12 nitrogen and oxygen atoms in total. The van der Waals surface area contributed by atoms with Crippen LogP contribution in [0.3, 0.4) is 0 Å². The molecule has 5 heterocycles. The first kappa shape index (κ1) is 61.3. The zero-order valence-corrected chi connectivity index (χ0v) is 48.0. The Bertz CT molecular complexity index is 1380. The molecule has 0 unspecified atom stereocenters. The van der Waals surface area contributed by atoms with Crippen molar-refractivity contribution in [3.63, 3.8) is 0 Å². The van der Waals surface area contributed by atoms with E-state index in [2.05, 4.69) is 199 Å². The third kappa shape index (κ3) is 25.2. The number of nitrogens with zero attached hydrogens (tertiary/aromatic N) is 10. The molecule has 0 bridgehead atoms. The first-order valence-electron chi connectivity index (χ1n) is 26.2. The van der Waals surface area contributed by atoms with Crippen LogP contribution < -0.4 is 0 Å². The largest absolute Gasteiger partial charge is 0.444 e. The SMILES string of the molecule is CC(C)(C)N1CCN(Cc2ccccc2)CC1.CC(C)(C)OC(=O)N1CCN(C(C)(C)C)CC1.CN1CCN(C(C)(C)C)CC1.CN1CCN(C(C)(C)C)CC1.CN1CCN(C(C)(C)C)CC1. The van der Waals surface area contributed by atoms with Gasteiger partial charge in [-0.3, -0.25) is 29.4 Å². The van der Waals surface area contributed by atoms with E-state index in [0.29, 0.717) is 22.2 Å². The number of rotatable bonds is 2. The van der Waals surface area contributed by atoms with Crippen molar-refractivity contribution in [3.8, 4) is 0 Å². The van der Waals surface area contributed by atoms with Crippen LogP contribution in [0, 0.1) is 0 Å². The second-order valence-electron chi connectivity index (χ2n) is 25.9. The first-order valence-corrected chi connectivity index (χ1v) is 26.2. The van der Waals surface area contributed by atoms with E-state index in [1.807, 2.05) is 20.8 Å². The molecule has 0 aromatic heterocycles. The molecule has 1 aromatic carbocycles. The standard InChI is InChI=1S/C15H24N2.C13H26N2O2.3C9H20N2/c1-15(2,3)17-11-9-16(10-12-17)13-14-7-5-4-6-8-14;1-12(2,3)15-9-7-14(8-10-15)11(16)17-13(4,5)6;3*1-9(2,3)11-7-5-10(4)6-8-11/h4-8H,9-13H2,1-3H3;7-10H2,1-6H3;3*5-8H2,1-4H3. The van der Waals surface area contributed by atoms with E-state index in [-0.39, 0.29) is 11.6 Å². The van der Waals surface area contributed by atoms with E-state index < -0.39 is 5.60 Å². The van der Waals surface area contributed by atoms with Gasteiger partial charge in [-0.2, -0.15) is 0 Å². The molecule has 0 atom stereocenters. The lowest BCUT2D eigenvalue weighted by atomic mass is 10.0. The van der Waals surface area contributed by atoms with Crippen LogP contribution in [0.2, 0.25) is 0 Å². The molecule has 0 saturated carbocycles. The summed E-state index contributed by atoms with van der Waals surface area (Å²) in [5.74, 6) is 0. The van der Waals surface area contributed by atoms with Crippen molar-refractivity contribution in [2.24, 2.45) is 0 Å².